The number of allylic oxidation sites excluding steroid dienone is 4. The third-order valence-corrected chi connectivity index (χ3v) is 2.85. The molecule has 0 heterocycles. The van der Waals surface area contributed by atoms with Crippen LogP contribution in [0.3, 0.4) is 0 Å². The van der Waals surface area contributed by atoms with Gasteiger partial charge in [0.15, 0.2) is 0 Å². The zero-order valence-electron chi connectivity index (χ0n) is 10.7. The summed E-state index contributed by atoms with van der Waals surface area (Å²) in [5.74, 6) is 0.356. The average Bonchev–Trinajstić information content (AvgIpc) is 2.14. The summed E-state index contributed by atoms with van der Waals surface area (Å²) in [4.78, 5) is 0. The molecule has 0 aliphatic rings. The third kappa shape index (κ3) is 3.65. The van der Waals surface area contributed by atoms with Crippen LogP contribution in [0.15, 0.2) is 36.0 Å². The smallest absolute Gasteiger partial charge is 0.130 e. The zero-order valence-corrected chi connectivity index (χ0v) is 10.7. The number of hydrogen-bond donors (Lipinski definition) is 0. The SMILES string of the molecule is C=C(C(=C)C(C)CC)/C(=C\C)C(C)(C)F. The van der Waals surface area contributed by atoms with Crippen molar-refractivity contribution in [2.75, 3.05) is 0 Å². The van der Waals surface area contributed by atoms with Crippen LogP contribution >= 0.6 is 0 Å². The van der Waals surface area contributed by atoms with Crippen LogP contribution < -0.4 is 0 Å². The maximum Gasteiger partial charge on any atom is 0.130 e. The molecule has 0 N–H and O–H groups in total. The molecule has 0 nitrogen and oxygen atoms in total. The van der Waals surface area contributed by atoms with Crippen molar-refractivity contribution in [2.45, 2.75) is 46.7 Å². The molecule has 0 aliphatic heterocycles. The Labute approximate surface area is 93.6 Å². The van der Waals surface area contributed by atoms with E-state index < -0.39 is 5.67 Å². The lowest BCUT2D eigenvalue weighted by molar-refractivity contribution is 0.271. The highest BCUT2D eigenvalue weighted by atomic mass is 19.1. The zero-order chi connectivity index (χ0) is 12.2. The van der Waals surface area contributed by atoms with Gasteiger partial charge in [0.1, 0.15) is 5.67 Å². The van der Waals surface area contributed by atoms with Gasteiger partial charge >= 0.3 is 0 Å². The van der Waals surface area contributed by atoms with Crippen LogP contribution in [-0.2, 0) is 0 Å². The van der Waals surface area contributed by atoms with E-state index in [0.717, 1.165) is 17.6 Å². The topological polar surface area (TPSA) is 0 Å². The molecule has 0 aliphatic carbocycles. The van der Waals surface area contributed by atoms with Crippen LogP contribution in [0.25, 0.3) is 0 Å². The highest BCUT2D eigenvalue weighted by molar-refractivity contribution is 5.47. The molecule has 86 valence electrons. The van der Waals surface area contributed by atoms with Gasteiger partial charge < -0.3 is 0 Å². The van der Waals surface area contributed by atoms with Crippen molar-refractivity contribution >= 4 is 0 Å². The Hall–Kier alpha value is -0.850. The molecular weight excluding hydrogens is 187 g/mol. The molecule has 15 heavy (non-hydrogen) atoms. The molecule has 1 unspecified atom stereocenters. The molecule has 0 aromatic heterocycles. The monoisotopic (exact) mass is 210 g/mol. The second-order valence-electron chi connectivity index (χ2n) is 4.49. The van der Waals surface area contributed by atoms with Crippen molar-refractivity contribution in [3.63, 3.8) is 0 Å². The Balaban J connectivity index is 4.93. The molecule has 1 heteroatoms. The summed E-state index contributed by atoms with van der Waals surface area (Å²) in [5, 5.41) is 0. The highest BCUT2D eigenvalue weighted by Gasteiger charge is 2.25. The van der Waals surface area contributed by atoms with Gasteiger partial charge in [-0.3, -0.25) is 0 Å². The summed E-state index contributed by atoms with van der Waals surface area (Å²) >= 11 is 0. The van der Waals surface area contributed by atoms with Crippen LogP contribution in [0, 0.1) is 5.92 Å². The molecule has 1 atom stereocenters. The van der Waals surface area contributed by atoms with Gasteiger partial charge in [-0.05, 0) is 49.8 Å². The lowest BCUT2D eigenvalue weighted by atomic mass is 9.84. The minimum absolute atomic E-state index is 0.356. The van der Waals surface area contributed by atoms with Gasteiger partial charge in [-0.15, -0.1) is 0 Å². The van der Waals surface area contributed by atoms with Crippen molar-refractivity contribution < 1.29 is 4.39 Å². The maximum absolute atomic E-state index is 13.9. The van der Waals surface area contributed by atoms with E-state index in [-0.39, 0.29) is 0 Å². The van der Waals surface area contributed by atoms with E-state index in [1.54, 1.807) is 19.9 Å². The minimum atomic E-state index is -1.35. The number of hydrogen-bond acceptors (Lipinski definition) is 0. The lowest BCUT2D eigenvalue weighted by Gasteiger charge is -2.24. The molecule has 0 radical (unpaired) electrons. The van der Waals surface area contributed by atoms with Gasteiger partial charge in [-0.2, -0.15) is 0 Å². The summed E-state index contributed by atoms with van der Waals surface area (Å²) < 4.78 is 13.9. The van der Waals surface area contributed by atoms with E-state index >= 15 is 0 Å². The third-order valence-electron chi connectivity index (χ3n) is 2.85. The van der Waals surface area contributed by atoms with Gasteiger partial charge in [0.25, 0.3) is 0 Å². The van der Waals surface area contributed by atoms with Crippen LogP contribution in [0.1, 0.15) is 41.0 Å². The minimum Gasteiger partial charge on any atom is -0.239 e. The number of halogens is 1. The van der Waals surface area contributed by atoms with Crippen molar-refractivity contribution in [1.29, 1.82) is 0 Å². The maximum atomic E-state index is 13.9. The van der Waals surface area contributed by atoms with E-state index in [1.807, 2.05) is 6.92 Å². The summed E-state index contributed by atoms with van der Waals surface area (Å²) in [6.07, 6.45) is 2.79. The normalized spacial score (nSPS) is 14.9. The summed E-state index contributed by atoms with van der Waals surface area (Å²) in [6, 6.07) is 0. The highest BCUT2D eigenvalue weighted by Crippen LogP contribution is 2.33. The largest absolute Gasteiger partial charge is 0.239 e. The first kappa shape index (κ1) is 14.2. The second-order valence-corrected chi connectivity index (χ2v) is 4.49. The van der Waals surface area contributed by atoms with Crippen molar-refractivity contribution in [2.24, 2.45) is 5.92 Å². The first-order valence-electron chi connectivity index (χ1n) is 5.49. The fourth-order valence-electron chi connectivity index (χ4n) is 1.59. The molecule has 0 saturated heterocycles. The van der Waals surface area contributed by atoms with E-state index in [4.69, 9.17) is 0 Å². The Morgan fingerprint density at radius 1 is 1.40 bits per heavy atom. The Bertz CT molecular complexity index is 276. The number of rotatable bonds is 5. The van der Waals surface area contributed by atoms with Gasteiger partial charge in [-0.1, -0.05) is 33.1 Å². The van der Waals surface area contributed by atoms with E-state index in [2.05, 4.69) is 27.0 Å². The lowest BCUT2D eigenvalue weighted by Crippen LogP contribution is -2.19. The second kappa shape index (κ2) is 5.29. The van der Waals surface area contributed by atoms with E-state index in [1.165, 1.54) is 0 Å². The first-order valence-corrected chi connectivity index (χ1v) is 5.49. The fraction of sp³-hybridized carbons (Fsp3) is 0.571. The van der Waals surface area contributed by atoms with Gasteiger partial charge in [-0.25, -0.2) is 4.39 Å². The van der Waals surface area contributed by atoms with Crippen molar-refractivity contribution in [3.05, 3.63) is 36.0 Å². The molecule has 0 spiro atoms. The average molecular weight is 210 g/mol. The Morgan fingerprint density at radius 3 is 2.13 bits per heavy atom. The molecule has 0 amide bonds. The molecular formula is C14H23F. The molecule has 0 bridgehead atoms. The quantitative estimate of drug-likeness (QED) is 0.570. The van der Waals surface area contributed by atoms with Gasteiger partial charge in [0.05, 0.1) is 0 Å². The molecule has 0 saturated carbocycles. The first-order chi connectivity index (χ1) is 6.75. The predicted molar refractivity (Wildman–Crippen MR) is 66.7 cm³/mol. The van der Waals surface area contributed by atoms with Crippen LogP contribution in [0.5, 0.6) is 0 Å². The summed E-state index contributed by atoms with van der Waals surface area (Å²) in [6.45, 7) is 17.1. The molecule has 0 aromatic rings. The fourth-order valence-corrected chi connectivity index (χ4v) is 1.59. The van der Waals surface area contributed by atoms with Crippen molar-refractivity contribution in [3.8, 4) is 0 Å². The van der Waals surface area contributed by atoms with Crippen LogP contribution in [0.4, 0.5) is 4.39 Å². The van der Waals surface area contributed by atoms with Crippen molar-refractivity contribution in [1.82, 2.24) is 0 Å². The Kier molecular flexibility index (Phi) is 4.99. The molecule has 0 aromatic carbocycles. The standard InChI is InChI=1S/C14H23F/c1-8-10(3)11(4)12(5)13(9-2)14(6,7)15/h9-10H,4-5,8H2,1-3,6-7H3/b13-9+. The van der Waals surface area contributed by atoms with Gasteiger partial charge in [0.2, 0.25) is 0 Å². The molecule has 0 rings (SSSR count). The number of alkyl halides is 1. The predicted octanol–water partition coefficient (Wildman–Crippen LogP) is 4.84. The summed E-state index contributed by atoms with van der Waals surface area (Å²) in [7, 11) is 0. The molecule has 0 fully saturated rings. The Morgan fingerprint density at radius 2 is 1.87 bits per heavy atom. The van der Waals surface area contributed by atoms with Crippen LogP contribution in [0.2, 0.25) is 0 Å². The van der Waals surface area contributed by atoms with Crippen LogP contribution in [-0.4, -0.2) is 5.67 Å². The van der Waals surface area contributed by atoms with E-state index in [0.29, 0.717) is 11.5 Å². The summed E-state index contributed by atoms with van der Waals surface area (Å²) in [5.41, 5.74) is 0.992. The van der Waals surface area contributed by atoms with Gasteiger partial charge in [0, 0.05) is 0 Å². The van der Waals surface area contributed by atoms with E-state index in [9.17, 15) is 4.39 Å².